The smallest absolute Gasteiger partial charge is 0.303 e. The monoisotopic (exact) mass is 405 g/mol. The van der Waals surface area contributed by atoms with Crippen LogP contribution >= 0.6 is 0 Å². The maximum absolute atomic E-state index is 12.3. The first kappa shape index (κ1) is 21.7. The topological polar surface area (TPSA) is 79.0 Å². The number of carbonyl (C=O) groups excluding carboxylic acids is 1. The van der Waals surface area contributed by atoms with Gasteiger partial charge in [0.2, 0.25) is 0 Å². The van der Waals surface area contributed by atoms with Gasteiger partial charge in [-0.05, 0) is 54.8 Å². The van der Waals surface area contributed by atoms with Gasteiger partial charge in [0.05, 0.1) is 12.8 Å². The molecule has 0 heterocycles. The number of nitrogens with zero attached hydrogens (tertiary/aromatic N) is 2. The molecule has 0 radical (unpaired) electrons. The van der Waals surface area contributed by atoms with Crippen LogP contribution in [0.15, 0.2) is 48.5 Å². The lowest BCUT2D eigenvalue weighted by atomic mass is 10.1. The van der Waals surface area contributed by atoms with Crippen LogP contribution in [0, 0.1) is 0 Å². The normalized spacial score (nSPS) is 11.3. The van der Waals surface area contributed by atoms with Crippen molar-refractivity contribution in [2.75, 3.05) is 39.1 Å². The van der Waals surface area contributed by atoms with Gasteiger partial charge >= 0.3 is 10.2 Å². The van der Waals surface area contributed by atoms with Gasteiger partial charge in [-0.3, -0.25) is 9.10 Å². The second-order valence-electron chi connectivity index (χ2n) is 6.52. The number of aryl methyl sites for hydroxylation is 1. The summed E-state index contributed by atoms with van der Waals surface area (Å²) < 4.78 is 31.8. The van der Waals surface area contributed by atoms with E-state index in [1.165, 1.54) is 25.4 Å². The second-order valence-corrected chi connectivity index (χ2v) is 8.69. The Labute approximate surface area is 167 Å². The van der Waals surface area contributed by atoms with Gasteiger partial charge in [-0.1, -0.05) is 12.1 Å². The Balaban J connectivity index is 1.87. The summed E-state index contributed by atoms with van der Waals surface area (Å²) in [5, 5.41) is 2.88. The lowest BCUT2D eigenvalue weighted by Crippen LogP contribution is -2.37. The van der Waals surface area contributed by atoms with Gasteiger partial charge in [-0.25, -0.2) is 0 Å². The van der Waals surface area contributed by atoms with Crippen molar-refractivity contribution in [1.29, 1.82) is 0 Å². The van der Waals surface area contributed by atoms with Crippen LogP contribution < -0.4 is 14.4 Å². The minimum atomic E-state index is -3.55. The van der Waals surface area contributed by atoms with E-state index in [0.717, 1.165) is 28.5 Å². The fourth-order valence-electron chi connectivity index (χ4n) is 2.63. The van der Waals surface area contributed by atoms with E-state index >= 15 is 0 Å². The molecule has 0 saturated heterocycles. The third kappa shape index (κ3) is 5.46. The standard InChI is InChI=1S/C20H27N3O4S/c1-22(2)28(25,26)23(3)18-12-10-17(11-13-18)20(24)21-14-6-8-16-7-5-9-19(15-16)27-4/h5,7,9-13,15H,6,8,14H2,1-4H3,(H,21,24). The maximum Gasteiger partial charge on any atom is 0.303 e. The number of nitrogens with one attached hydrogen (secondary N) is 1. The molecule has 0 unspecified atom stereocenters. The first-order valence-electron chi connectivity index (χ1n) is 8.93. The van der Waals surface area contributed by atoms with E-state index in [4.69, 9.17) is 4.74 Å². The number of anilines is 1. The number of carbonyl (C=O) groups is 1. The molecule has 7 nitrogen and oxygen atoms in total. The Morgan fingerprint density at radius 2 is 1.75 bits per heavy atom. The molecule has 0 aliphatic carbocycles. The number of benzene rings is 2. The summed E-state index contributed by atoms with van der Waals surface area (Å²) >= 11 is 0. The van der Waals surface area contributed by atoms with Crippen molar-refractivity contribution >= 4 is 21.8 Å². The second kappa shape index (κ2) is 9.57. The fourth-order valence-corrected chi connectivity index (χ4v) is 3.50. The summed E-state index contributed by atoms with van der Waals surface area (Å²) in [6, 6.07) is 14.3. The molecule has 152 valence electrons. The van der Waals surface area contributed by atoms with E-state index in [-0.39, 0.29) is 5.91 Å². The molecule has 1 amide bonds. The number of methoxy groups -OCH3 is 1. The molecule has 0 aliphatic heterocycles. The number of hydrogen-bond donors (Lipinski definition) is 1. The molecular weight excluding hydrogens is 378 g/mol. The molecule has 1 N–H and O–H groups in total. The van der Waals surface area contributed by atoms with Crippen molar-refractivity contribution in [2.24, 2.45) is 0 Å². The highest BCUT2D eigenvalue weighted by atomic mass is 32.2. The Kier molecular flexibility index (Phi) is 7.42. The van der Waals surface area contributed by atoms with Crippen molar-refractivity contribution in [1.82, 2.24) is 9.62 Å². The van der Waals surface area contributed by atoms with E-state index in [1.54, 1.807) is 31.4 Å². The molecular formula is C20H27N3O4S. The summed E-state index contributed by atoms with van der Waals surface area (Å²) in [6.07, 6.45) is 1.64. The first-order valence-corrected chi connectivity index (χ1v) is 10.3. The number of amides is 1. The molecule has 0 saturated carbocycles. The largest absolute Gasteiger partial charge is 0.497 e. The molecule has 8 heteroatoms. The summed E-state index contributed by atoms with van der Waals surface area (Å²) in [5.74, 6) is 0.637. The van der Waals surface area contributed by atoms with Gasteiger partial charge in [0.15, 0.2) is 0 Å². The minimum absolute atomic E-state index is 0.185. The van der Waals surface area contributed by atoms with Gasteiger partial charge in [0.25, 0.3) is 5.91 Å². The van der Waals surface area contributed by atoms with Crippen molar-refractivity contribution < 1.29 is 17.9 Å². The molecule has 2 aromatic rings. The van der Waals surface area contributed by atoms with Crippen LogP contribution in [0.3, 0.4) is 0 Å². The third-order valence-corrected chi connectivity index (χ3v) is 6.19. The summed E-state index contributed by atoms with van der Waals surface area (Å²) in [4.78, 5) is 12.3. The maximum atomic E-state index is 12.3. The number of rotatable bonds is 9. The van der Waals surface area contributed by atoms with Crippen LogP contribution in [0.1, 0.15) is 22.3 Å². The first-order chi connectivity index (χ1) is 13.3. The molecule has 0 spiro atoms. The number of hydrogen-bond acceptors (Lipinski definition) is 4. The van der Waals surface area contributed by atoms with Gasteiger partial charge in [0, 0.05) is 33.3 Å². The van der Waals surface area contributed by atoms with Crippen molar-refractivity contribution in [3.63, 3.8) is 0 Å². The Bertz CT molecular complexity index is 896. The van der Waals surface area contributed by atoms with Crippen molar-refractivity contribution in [3.05, 3.63) is 59.7 Å². The molecule has 2 aromatic carbocycles. The lowest BCUT2D eigenvalue weighted by molar-refractivity contribution is 0.0953. The van der Waals surface area contributed by atoms with Gasteiger partial charge in [-0.15, -0.1) is 0 Å². The summed E-state index contributed by atoms with van der Waals surface area (Å²) in [7, 11) is 2.50. The molecule has 0 bridgehead atoms. The van der Waals surface area contributed by atoms with E-state index < -0.39 is 10.2 Å². The Morgan fingerprint density at radius 1 is 1.07 bits per heavy atom. The molecule has 0 atom stereocenters. The molecule has 0 fully saturated rings. The van der Waals surface area contributed by atoms with Crippen molar-refractivity contribution in [2.45, 2.75) is 12.8 Å². The van der Waals surface area contributed by atoms with Gasteiger partial charge < -0.3 is 10.1 Å². The van der Waals surface area contributed by atoms with Crippen LogP contribution in [0.5, 0.6) is 5.75 Å². The predicted octanol–water partition coefficient (Wildman–Crippen LogP) is 2.30. The minimum Gasteiger partial charge on any atom is -0.497 e. The van der Waals surface area contributed by atoms with E-state index in [9.17, 15) is 13.2 Å². The highest BCUT2D eigenvalue weighted by Crippen LogP contribution is 2.18. The zero-order chi connectivity index (χ0) is 20.7. The van der Waals surface area contributed by atoms with E-state index in [0.29, 0.717) is 17.8 Å². The van der Waals surface area contributed by atoms with Crippen molar-refractivity contribution in [3.8, 4) is 5.75 Å². The van der Waals surface area contributed by atoms with Crippen LogP contribution in [-0.2, 0) is 16.6 Å². The average Bonchev–Trinajstić information content (AvgIpc) is 2.70. The Morgan fingerprint density at radius 3 is 2.36 bits per heavy atom. The number of ether oxygens (including phenoxy) is 1. The predicted molar refractivity (Wildman–Crippen MR) is 111 cm³/mol. The zero-order valence-electron chi connectivity index (χ0n) is 16.7. The van der Waals surface area contributed by atoms with Gasteiger partial charge in [0.1, 0.15) is 5.75 Å². The van der Waals surface area contributed by atoms with Gasteiger partial charge in [-0.2, -0.15) is 12.7 Å². The molecule has 0 aromatic heterocycles. The van der Waals surface area contributed by atoms with Crippen LogP contribution in [0.4, 0.5) is 5.69 Å². The van der Waals surface area contributed by atoms with E-state index in [2.05, 4.69) is 5.32 Å². The lowest BCUT2D eigenvalue weighted by Gasteiger charge is -2.23. The summed E-state index contributed by atoms with van der Waals surface area (Å²) in [5.41, 5.74) is 2.13. The Hall–Kier alpha value is -2.58. The highest BCUT2D eigenvalue weighted by Gasteiger charge is 2.21. The van der Waals surface area contributed by atoms with Crippen LogP contribution in [-0.4, -0.2) is 53.4 Å². The van der Waals surface area contributed by atoms with Crippen LogP contribution in [0.2, 0.25) is 0 Å². The van der Waals surface area contributed by atoms with Crippen LogP contribution in [0.25, 0.3) is 0 Å². The molecule has 2 rings (SSSR count). The quantitative estimate of drug-likeness (QED) is 0.650. The molecule has 0 aliphatic rings. The summed E-state index contributed by atoms with van der Waals surface area (Å²) in [6.45, 7) is 0.548. The molecule has 28 heavy (non-hydrogen) atoms. The third-order valence-electron chi connectivity index (χ3n) is 4.36. The van der Waals surface area contributed by atoms with E-state index in [1.807, 2.05) is 24.3 Å². The SMILES string of the molecule is COc1cccc(CCCNC(=O)c2ccc(N(C)S(=O)(=O)N(C)C)cc2)c1. The fraction of sp³-hybridized carbons (Fsp3) is 0.350. The highest BCUT2D eigenvalue weighted by molar-refractivity contribution is 7.90. The average molecular weight is 406 g/mol. The zero-order valence-corrected chi connectivity index (χ0v) is 17.5.